The van der Waals surface area contributed by atoms with Gasteiger partial charge in [0.15, 0.2) is 34.6 Å². The minimum Gasteiger partial charge on any atom is -0.508 e. The molecule has 6 aromatic rings. The fraction of sp³-hybridized carbons (Fsp3) is 0.259. The lowest BCUT2D eigenvalue weighted by Gasteiger charge is -2.25. The van der Waals surface area contributed by atoms with Crippen molar-refractivity contribution in [2.75, 3.05) is 27.4 Å². The van der Waals surface area contributed by atoms with Crippen molar-refractivity contribution < 1.29 is 47.4 Å². The van der Waals surface area contributed by atoms with Gasteiger partial charge in [0, 0.05) is 81.6 Å². The number of phenols is 1. The number of hydrogen-bond acceptors (Lipinski definition) is 12. The summed E-state index contributed by atoms with van der Waals surface area (Å²) in [6.45, 7) is 2.50. The lowest BCUT2D eigenvalue weighted by Crippen LogP contribution is -2.41. The van der Waals surface area contributed by atoms with E-state index in [-0.39, 0.29) is 55.2 Å². The van der Waals surface area contributed by atoms with Gasteiger partial charge in [0.25, 0.3) is 11.8 Å². The van der Waals surface area contributed by atoms with Crippen molar-refractivity contribution in [2.24, 2.45) is 32.9 Å². The van der Waals surface area contributed by atoms with Gasteiger partial charge < -0.3 is 41.9 Å². The number of aromatic nitrogens is 2. The smallest absolute Gasteiger partial charge is 0.266 e. The number of carbonyl (C=O) groups excluding carboxylic acids is 6. The number of phenolic OH excluding ortho intramolecular Hbond substituents is 1. The maximum atomic E-state index is 13.6. The Morgan fingerprint density at radius 1 is 0.627 bits per heavy atom. The van der Waals surface area contributed by atoms with E-state index in [9.17, 15) is 42.7 Å². The predicted molar refractivity (Wildman–Crippen MR) is 279 cm³/mol. The number of hydrogen-bond donors (Lipinski definition) is 5. The van der Waals surface area contributed by atoms with E-state index in [1.54, 1.807) is 106 Å². The first-order valence-corrected chi connectivity index (χ1v) is 23.9. The number of nitrogens with zero attached hydrogens (tertiary/aromatic N) is 6. The fourth-order valence-electron chi connectivity index (χ4n) is 8.54. The quantitative estimate of drug-likeness (QED) is 0.0490. The Morgan fingerprint density at radius 3 is 1.48 bits per heavy atom. The molecule has 2 unspecified atom stereocenters. The third kappa shape index (κ3) is 11.9. The number of aromatic hydroxyl groups is 1. The van der Waals surface area contributed by atoms with Crippen LogP contribution < -0.4 is 27.7 Å². The number of alkyl halides is 3. The second-order valence-corrected chi connectivity index (χ2v) is 17.8. The Balaban J connectivity index is 0.000000209. The Labute approximate surface area is 436 Å². The van der Waals surface area contributed by atoms with Crippen molar-refractivity contribution in [2.45, 2.75) is 63.3 Å². The van der Waals surface area contributed by atoms with Crippen molar-refractivity contribution in [3.8, 4) is 11.5 Å². The summed E-state index contributed by atoms with van der Waals surface area (Å²) in [5.74, 6) is -1.27. The minimum absolute atomic E-state index is 0.0216. The molecule has 2 atom stereocenters. The SMILES string of the molecule is CC(=O)c1cc(C2(c3cccc(O)c3)N=C(N)N(C)C2=O)cn1CCCF.CC(=O)c1cc(C2(c3cccc(OCc4cccc(C(N)=O)c4)c3)N=C(N)N(C)C2=O)cn1CCCF.NC(=O)c1cccc(CCl)c1. The molecule has 0 fully saturated rings. The zero-order valence-electron chi connectivity index (χ0n) is 41.6. The van der Waals surface area contributed by atoms with E-state index in [2.05, 4.69) is 9.98 Å². The van der Waals surface area contributed by atoms with Gasteiger partial charge in [-0.15, -0.1) is 11.6 Å². The number of guanidine groups is 2. The van der Waals surface area contributed by atoms with Crippen molar-refractivity contribution in [3.05, 3.63) is 177 Å². The molecule has 0 bridgehead atoms. The molecule has 75 heavy (non-hydrogen) atoms. The number of rotatable bonds is 18. The second-order valence-electron chi connectivity index (χ2n) is 17.5. The topological polar surface area (TPSA) is 277 Å². The molecule has 18 nitrogen and oxygen atoms in total. The van der Waals surface area contributed by atoms with Crippen molar-refractivity contribution in [3.63, 3.8) is 0 Å². The summed E-state index contributed by atoms with van der Waals surface area (Å²) >= 11 is 5.55. The monoisotopic (exact) mass is 1050 g/mol. The highest BCUT2D eigenvalue weighted by Gasteiger charge is 2.52. The summed E-state index contributed by atoms with van der Waals surface area (Å²) < 4.78 is 34.8. The van der Waals surface area contributed by atoms with Crippen LogP contribution in [0.3, 0.4) is 0 Å². The molecule has 8 rings (SSSR count). The number of benzene rings is 4. The Bertz CT molecular complexity index is 3210. The van der Waals surface area contributed by atoms with Crippen molar-refractivity contribution in [1.82, 2.24) is 18.9 Å². The van der Waals surface area contributed by atoms with Gasteiger partial charge in [0.1, 0.15) is 18.1 Å². The van der Waals surface area contributed by atoms with Crippen LogP contribution in [0.4, 0.5) is 8.78 Å². The third-order valence-electron chi connectivity index (χ3n) is 12.4. The Hall–Kier alpha value is -8.65. The second kappa shape index (κ2) is 23.9. The Kier molecular flexibility index (Phi) is 17.8. The van der Waals surface area contributed by atoms with Gasteiger partial charge in [-0.2, -0.15) is 0 Å². The first-order valence-electron chi connectivity index (χ1n) is 23.4. The maximum absolute atomic E-state index is 13.6. The van der Waals surface area contributed by atoms with Gasteiger partial charge in [-0.05, 0) is 95.8 Å². The number of halogens is 3. The number of amides is 4. The first kappa shape index (κ1) is 55.7. The number of ether oxygens (including phenoxy) is 1. The van der Waals surface area contributed by atoms with Gasteiger partial charge >= 0.3 is 0 Å². The molecule has 2 aliphatic heterocycles. The molecule has 4 amide bonds. The van der Waals surface area contributed by atoms with Gasteiger partial charge in [-0.25, -0.2) is 9.98 Å². The van der Waals surface area contributed by atoms with Crippen LogP contribution in [-0.2, 0) is 46.2 Å². The molecule has 4 heterocycles. The predicted octanol–water partition coefficient (Wildman–Crippen LogP) is 6.07. The first-order chi connectivity index (χ1) is 35.7. The number of ketones is 2. The van der Waals surface area contributed by atoms with E-state index in [0.717, 1.165) is 11.1 Å². The van der Waals surface area contributed by atoms with Crippen LogP contribution in [0.5, 0.6) is 11.5 Å². The summed E-state index contributed by atoms with van der Waals surface area (Å²) in [7, 11) is 3.04. The summed E-state index contributed by atoms with van der Waals surface area (Å²) in [5.41, 5.74) is 24.4. The zero-order chi connectivity index (χ0) is 54.8. The summed E-state index contributed by atoms with van der Waals surface area (Å²) in [4.78, 5) is 84.8. The van der Waals surface area contributed by atoms with Gasteiger partial charge in [-0.3, -0.25) is 47.3 Å². The number of aryl methyl sites for hydroxylation is 2. The van der Waals surface area contributed by atoms with Gasteiger partial charge in [0.2, 0.25) is 11.8 Å². The molecule has 0 saturated heterocycles. The lowest BCUT2D eigenvalue weighted by molar-refractivity contribution is -0.130. The highest BCUT2D eigenvalue weighted by molar-refractivity contribution is 6.17. The van der Waals surface area contributed by atoms with E-state index < -0.39 is 48.1 Å². The van der Waals surface area contributed by atoms with Gasteiger partial charge in [-0.1, -0.05) is 48.5 Å². The number of likely N-dealkylation sites (N-methyl/N-ethyl adjacent to an activating group) is 2. The molecule has 9 N–H and O–H groups in total. The molecule has 2 aromatic heterocycles. The van der Waals surface area contributed by atoms with Crippen LogP contribution in [0.25, 0.3) is 0 Å². The highest BCUT2D eigenvalue weighted by atomic mass is 35.5. The van der Waals surface area contributed by atoms with Crippen LogP contribution in [0.15, 0.2) is 132 Å². The minimum atomic E-state index is -1.55. The van der Waals surface area contributed by atoms with Crippen LogP contribution >= 0.6 is 11.6 Å². The maximum Gasteiger partial charge on any atom is 0.266 e. The number of primary amides is 2. The summed E-state index contributed by atoms with van der Waals surface area (Å²) in [6, 6.07) is 30.1. The summed E-state index contributed by atoms with van der Waals surface area (Å²) in [6.07, 6.45) is 3.75. The van der Waals surface area contributed by atoms with Crippen LogP contribution in [0.1, 0.15) is 102 Å². The average molecular weight is 1050 g/mol. The number of nitrogens with two attached hydrogens (primary N) is 4. The molecule has 392 valence electrons. The van der Waals surface area contributed by atoms with E-state index in [1.807, 2.05) is 12.1 Å². The molecular formula is C54H57ClF2N10O8. The molecule has 0 saturated carbocycles. The number of aliphatic imine (C=N–C) groups is 2. The van der Waals surface area contributed by atoms with E-state index in [0.29, 0.717) is 62.9 Å². The fourth-order valence-corrected chi connectivity index (χ4v) is 8.71. The van der Waals surface area contributed by atoms with Crippen LogP contribution in [0.2, 0.25) is 0 Å². The molecule has 0 aliphatic carbocycles. The molecule has 4 aromatic carbocycles. The van der Waals surface area contributed by atoms with Crippen LogP contribution in [0, 0.1) is 0 Å². The average Bonchev–Trinajstić information content (AvgIpc) is 4.15. The normalized spacial score (nSPS) is 16.8. The number of Topliss-reactive ketones (excluding diaryl/α,β-unsaturated/α-hetero) is 2. The number of carbonyl (C=O) groups is 6. The largest absolute Gasteiger partial charge is 0.508 e. The molecule has 2 aliphatic rings. The van der Waals surface area contributed by atoms with Crippen LogP contribution in [-0.4, -0.2) is 98.6 Å². The molecule has 21 heteroatoms. The highest BCUT2D eigenvalue weighted by Crippen LogP contribution is 2.43. The molecule has 0 spiro atoms. The molecule has 0 radical (unpaired) electrons. The summed E-state index contributed by atoms with van der Waals surface area (Å²) in [5, 5.41) is 9.91. The van der Waals surface area contributed by atoms with Gasteiger partial charge in [0.05, 0.1) is 24.7 Å². The lowest BCUT2D eigenvalue weighted by atomic mass is 9.84. The zero-order valence-corrected chi connectivity index (χ0v) is 42.4. The third-order valence-corrected chi connectivity index (χ3v) is 12.7. The van der Waals surface area contributed by atoms with E-state index in [4.69, 9.17) is 39.3 Å². The Morgan fingerprint density at radius 2 is 1.07 bits per heavy atom. The van der Waals surface area contributed by atoms with E-state index >= 15 is 0 Å². The molecular weight excluding hydrogens is 990 g/mol. The van der Waals surface area contributed by atoms with E-state index in [1.165, 1.54) is 49.9 Å². The standard InChI is InChI=1S/C27H28FN5O4.C19H21FN4O3.C8H8ClNO/c1-17(34)23-14-21(15-33(23)11-5-10-28)27(25(36)32(2)26(30)31-27)20-8-4-9-22(13-20)37-16-18-6-3-7-19(12-18)24(29)35;1-12(25)16-10-14(11-24(16)8-4-7-20)19(13-5-3-6-15(26)9-13)17(27)23(2)18(21)22-19;9-5-6-2-1-3-7(4-6)8(10)11/h3-4,6-9,12-15H,5,10-11,16H2,1-2H3,(H2,29,35)(H2,30,31);3,5-6,9-11,26H,4,7-8H2,1-2H3,(H2,21,22);1-4H,5H2,(H2,10,11). The van der Waals surface area contributed by atoms with Crippen molar-refractivity contribution >= 4 is 58.7 Å². The van der Waals surface area contributed by atoms with Crippen molar-refractivity contribution in [1.29, 1.82) is 0 Å².